The summed E-state index contributed by atoms with van der Waals surface area (Å²) in [5.74, 6) is -0.464. The van der Waals surface area contributed by atoms with Crippen LogP contribution in [0.4, 0.5) is 0 Å². The Bertz CT molecular complexity index is 628. The van der Waals surface area contributed by atoms with Gasteiger partial charge in [0.15, 0.2) is 0 Å². The van der Waals surface area contributed by atoms with Gasteiger partial charge in [-0.1, -0.05) is 23.7 Å². The summed E-state index contributed by atoms with van der Waals surface area (Å²) in [6, 6.07) is 5.28. The Balaban J connectivity index is 2.30. The third kappa shape index (κ3) is 3.79. The van der Waals surface area contributed by atoms with Gasteiger partial charge in [0.05, 0.1) is 29.6 Å². The number of carbonyl (C=O) groups is 1. The zero-order chi connectivity index (χ0) is 16.2. The predicted octanol–water partition coefficient (Wildman–Crippen LogP) is 3.26. The molecule has 1 heterocycles. The van der Waals surface area contributed by atoms with Crippen molar-refractivity contribution in [1.82, 2.24) is 0 Å². The van der Waals surface area contributed by atoms with Crippen LogP contribution >= 0.6 is 19.2 Å². The van der Waals surface area contributed by atoms with Gasteiger partial charge in [-0.2, -0.15) is 0 Å². The summed E-state index contributed by atoms with van der Waals surface area (Å²) in [5, 5.41) is 0.779. The lowest BCUT2D eigenvalue weighted by molar-refractivity contribution is -0.137. The predicted molar refractivity (Wildman–Crippen MR) is 84.7 cm³/mol. The van der Waals surface area contributed by atoms with Crippen LogP contribution in [0.25, 0.3) is 0 Å². The second-order valence-corrected chi connectivity index (χ2v) is 6.94. The normalized spacial score (nSPS) is 24.2. The molecule has 1 aromatic rings. The van der Waals surface area contributed by atoms with Crippen molar-refractivity contribution in [2.45, 2.75) is 26.4 Å². The van der Waals surface area contributed by atoms with Crippen LogP contribution in [0, 0.1) is 0 Å². The van der Waals surface area contributed by atoms with Crippen LogP contribution in [0.1, 0.15) is 19.4 Å². The molecular formula is C15H18ClO5P. The monoisotopic (exact) mass is 344 g/mol. The van der Waals surface area contributed by atoms with E-state index in [2.05, 4.69) is 0 Å². The number of halogens is 1. The zero-order valence-electron chi connectivity index (χ0n) is 12.5. The Kier molecular flexibility index (Phi) is 5.81. The number of benzene rings is 1. The lowest BCUT2D eigenvalue weighted by Crippen LogP contribution is -2.29. The molecule has 1 aliphatic heterocycles. The van der Waals surface area contributed by atoms with Crippen molar-refractivity contribution in [1.29, 1.82) is 0 Å². The van der Waals surface area contributed by atoms with Gasteiger partial charge >= 0.3 is 13.6 Å². The van der Waals surface area contributed by atoms with Gasteiger partial charge in [-0.25, -0.2) is 4.79 Å². The minimum Gasteiger partial charge on any atom is -0.463 e. The van der Waals surface area contributed by atoms with Gasteiger partial charge in [0.2, 0.25) is 0 Å². The lowest BCUT2D eigenvalue weighted by Gasteiger charge is -2.30. The van der Waals surface area contributed by atoms with Crippen LogP contribution in [-0.2, 0) is 29.6 Å². The fourth-order valence-electron chi connectivity index (χ4n) is 2.26. The highest BCUT2D eigenvalue weighted by Crippen LogP contribution is 2.53. The quantitative estimate of drug-likeness (QED) is 0.466. The molecule has 0 aliphatic carbocycles. The van der Waals surface area contributed by atoms with Crippen molar-refractivity contribution < 1.29 is 23.1 Å². The van der Waals surface area contributed by atoms with Gasteiger partial charge in [-0.15, -0.1) is 0 Å². The van der Waals surface area contributed by atoms with Gasteiger partial charge in [0.1, 0.15) is 0 Å². The zero-order valence-corrected chi connectivity index (χ0v) is 14.1. The van der Waals surface area contributed by atoms with Gasteiger partial charge in [-0.3, -0.25) is 9.09 Å². The molecule has 0 fully saturated rings. The maximum absolute atomic E-state index is 13.0. The van der Waals surface area contributed by atoms with Crippen molar-refractivity contribution in [2.75, 3.05) is 13.2 Å². The second-order valence-electron chi connectivity index (χ2n) is 4.62. The topological polar surface area (TPSA) is 61.8 Å². The van der Waals surface area contributed by atoms with Crippen molar-refractivity contribution in [3.63, 3.8) is 0 Å². The van der Waals surface area contributed by atoms with E-state index in [1.54, 1.807) is 26.0 Å². The molecule has 2 unspecified atom stereocenters. The van der Waals surface area contributed by atoms with E-state index in [-0.39, 0.29) is 6.61 Å². The second kappa shape index (κ2) is 7.42. The van der Waals surface area contributed by atoms with E-state index in [1.807, 2.05) is 6.07 Å². The van der Waals surface area contributed by atoms with Crippen molar-refractivity contribution in [3.8, 4) is 0 Å². The standard InChI is InChI=1S/C15H18ClO5P/c1-3-19-14(17)9-8-12-10-11-6-5-7-13(16)15(11)22(18,21-12)20-4-2/h5-9,12H,3-4,10H2,1-2H3/b9-8+. The SMILES string of the molecule is CCOC(=O)/C=C/C1Cc2cccc(Cl)c2P(=O)(OCC)O1. The van der Waals surface area contributed by atoms with E-state index in [4.69, 9.17) is 25.4 Å². The summed E-state index contributed by atoms with van der Waals surface area (Å²) in [6.45, 7) is 3.99. The molecule has 0 spiro atoms. The molecule has 1 aliphatic rings. The van der Waals surface area contributed by atoms with Gasteiger partial charge in [0, 0.05) is 12.5 Å². The summed E-state index contributed by atoms with van der Waals surface area (Å²) in [4.78, 5) is 11.4. The first-order valence-corrected chi connectivity index (χ1v) is 8.98. The van der Waals surface area contributed by atoms with E-state index in [0.717, 1.165) is 5.56 Å². The summed E-state index contributed by atoms with van der Waals surface area (Å²) in [6.07, 6.45) is 2.74. The minimum absolute atomic E-state index is 0.232. The molecule has 120 valence electrons. The number of fused-ring (bicyclic) bond motifs is 1. The van der Waals surface area contributed by atoms with Crippen molar-refractivity contribution >= 4 is 30.5 Å². The van der Waals surface area contributed by atoms with E-state index in [9.17, 15) is 9.36 Å². The highest BCUT2D eigenvalue weighted by atomic mass is 35.5. The Morgan fingerprint density at radius 1 is 1.45 bits per heavy atom. The number of hydrogen-bond acceptors (Lipinski definition) is 5. The number of ether oxygens (including phenoxy) is 1. The molecule has 2 rings (SSSR count). The molecule has 0 amide bonds. The lowest BCUT2D eigenvalue weighted by atomic mass is 10.1. The molecule has 5 nitrogen and oxygen atoms in total. The first-order chi connectivity index (χ1) is 10.5. The number of rotatable bonds is 5. The van der Waals surface area contributed by atoms with Gasteiger partial charge in [0.25, 0.3) is 0 Å². The Labute approximate surface area is 134 Å². The van der Waals surface area contributed by atoms with Crippen molar-refractivity contribution in [3.05, 3.63) is 40.9 Å². The fraction of sp³-hybridized carbons (Fsp3) is 0.400. The molecular weight excluding hydrogens is 327 g/mol. The highest BCUT2D eigenvalue weighted by Gasteiger charge is 2.39. The molecule has 2 atom stereocenters. The number of esters is 1. The van der Waals surface area contributed by atoms with E-state index < -0.39 is 19.7 Å². The van der Waals surface area contributed by atoms with E-state index in [0.29, 0.717) is 23.4 Å². The van der Waals surface area contributed by atoms with Gasteiger partial charge in [-0.05, 0) is 31.6 Å². The third-order valence-electron chi connectivity index (χ3n) is 3.07. The molecule has 22 heavy (non-hydrogen) atoms. The van der Waals surface area contributed by atoms with Gasteiger partial charge < -0.3 is 9.26 Å². The summed E-state index contributed by atoms with van der Waals surface area (Å²) in [7, 11) is -3.51. The molecule has 0 radical (unpaired) electrons. The molecule has 7 heteroatoms. The molecule has 0 bridgehead atoms. The third-order valence-corrected chi connectivity index (χ3v) is 5.74. The fourth-order valence-corrected chi connectivity index (χ4v) is 4.76. The average Bonchev–Trinajstić information content (AvgIpc) is 2.45. The average molecular weight is 345 g/mol. The summed E-state index contributed by atoms with van der Waals surface area (Å²) < 4.78 is 28.8. The highest BCUT2D eigenvalue weighted by molar-refractivity contribution is 7.62. The minimum atomic E-state index is -3.51. The maximum Gasteiger partial charge on any atom is 0.363 e. The van der Waals surface area contributed by atoms with Crippen LogP contribution < -0.4 is 5.30 Å². The Hall–Kier alpha value is -1.13. The summed E-state index contributed by atoms with van der Waals surface area (Å²) in [5.41, 5.74) is 0.800. The van der Waals surface area contributed by atoms with E-state index in [1.165, 1.54) is 12.2 Å². The molecule has 0 saturated carbocycles. The first kappa shape index (κ1) is 17.2. The van der Waals surface area contributed by atoms with Crippen LogP contribution in [0.5, 0.6) is 0 Å². The number of hydrogen-bond donors (Lipinski definition) is 0. The number of carbonyl (C=O) groups excluding carboxylic acids is 1. The maximum atomic E-state index is 13.0. The van der Waals surface area contributed by atoms with Crippen LogP contribution in [0.3, 0.4) is 0 Å². The van der Waals surface area contributed by atoms with Crippen molar-refractivity contribution in [2.24, 2.45) is 0 Å². The largest absolute Gasteiger partial charge is 0.463 e. The Morgan fingerprint density at radius 2 is 2.23 bits per heavy atom. The summed E-state index contributed by atoms with van der Waals surface area (Å²) >= 11 is 6.15. The molecule has 0 N–H and O–H groups in total. The Morgan fingerprint density at radius 3 is 2.91 bits per heavy atom. The smallest absolute Gasteiger partial charge is 0.363 e. The van der Waals surface area contributed by atoms with Crippen LogP contribution in [0.2, 0.25) is 5.02 Å². The molecule has 0 saturated heterocycles. The molecule has 1 aromatic carbocycles. The van der Waals surface area contributed by atoms with Crippen LogP contribution in [0.15, 0.2) is 30.4 Å². The van der Waals surface area contributed by atoms with Crippen LogP contribution in [-0.4, -0.2) is 25.3 Å². The molecule has 0 aromatic heterocycles. The van der Waals surface area contributed by atoms with E-state index >= 15 is 0 Å². The first-order valence-electron chi connectivity index (χ1n) is 7.06.